The number of nitrogens with two attached hydrogens (primary N) is 1. The molecule has 110 valence electrons. The minimum absolute atomic E-state index is 0.310. The number of halogens is 2. The Labute approximate surface area is 137 Å². The fraction of sp³-hybridized carbons (Fsp3) is 0.133. The molecule has 0 saturated heterocycles. The number of carbonyl (C=O) groups excluding carboxylic acids is 1. The van der Waals surface area contributed by atoms with E-state index in [-0.39, 0.29) is 5.91 Å². The summed E-state index contributed by atoms with van der Waals surface area (Å²) in [6, 6.07) is 12.6. The lowest BCUT2D eigenvalue weighted by molar-refractivity contribution is -0.115. The molecule has 2 aromatic rings. The molecule has 0 unspecified atom stereocenters. The number of ether oxygens (including phenoxy) is 1. The molecule has 0 aromatic heterocycles. The molecule has 0 atom stereocenters. The standard InChI is InChI=1S/C15H13Cl2NO2S/c16-11-3-6-13(17)14(7-11)20-12-4-1-10(2-5-12)8-21-9-15(18)19/h1-7H,8-9H2,(H2,18,19). The van der Waals surface area contributed by atoms with Gasteiger partial charge < -0.3 is 10.5 Å². The summed E-state index contributed by atoms with van der Waals surface area (Å²) in [4.78, 5) is 10.7. The average molecular weight is 342 g/mol. The van der Waals surface area contributed by atoms with E-state index in [0.29, 0.717) is 27.3 Å². The quantitative estimate of drug-likeness (QED) is 0.841. The highest BCUT2D eigenvalue weighted by Crippen LogP contribution is 2.32. The highest BCUT2D eigenvalue weighted by molar-refractivity contribution is 7.99. The van der Waals surface area contributed by atoms with Crippen molar-refractivity contribution in [2.24, 2.45) is 5.73 Å². The number of rotatable bonds is 6. The maximum absolute atomic E-state index is 10.7. The van der Waals surface area contributed by atoms with Crippen LogP contribution in [0.2, 0.25) is 10.0 Å². The third-order valence-electron chi connectivity index (χ3n) is 2.56. The molecular formula is C15H13Cl2NO2S. The molecule has 6 heteroatoms. The summed E-state index contributed by atoms with van der Waals surface area (Å²) in [5.41, 5.74) is 6.18. The van der Waals surface area contributed by atoms with E-state index in [1.807, 2.05) is 24.3 Å². The lowest BCUT2D eigenvalue weighted by Gasteiger charge is -2.08. The molecule has 0 aliphatic heterocycles. The lowest BCUT2D eigenvalue weighted by Crippen LogP contribution is -2.13. The van der Waals surface area contributed by atoms with Gasteiger partial charge in [-0.3, -0.25) is 4.79 Å². The zero-order chi connectivity index (χ0) is 15.2. The number of thioether (sulfide) groups is 1. The van der Waals surface area contributed by atoms with Gasteiger partial charge in [-0.15, -0.1) is 11.8 Å². The number of carbonyl (C=O) groups is 1. The lowest BCUT2D eigenvalue weighted by atomic mass is 10.2. The van der Waals surface area contributed by atoms with Gasteiger partial charge in [0.05, 0.1) is 10.8 Å². The van der Waals surface area contributed by atoms with Gasteiger partial charge in [-0.2, -0.15) is 0 Å². The summed E-state index contributed by atoms with van der Waals surface area (Å²) in [6.45, 7) is 0. The third-order valence-corrected chi connectivity index (χ3v) is 4.13. The molecular weight excluding hydrogens is 329 g/mol. The highest BCUT2D eigenvalue weighted by atomic mass is 35.5. The third kappa shape index (κ3) is 5.16. The highest BCUT2D eigenvalue weighted by Gasteiger charge is 2.04. The summed E-state index contributed by atoms with van der Waals surface area (Å²) in [5.74, 6) is 1.91. The van der Waals surface area contributed by atoms with Crippen LogP contribution in [-0.2, 0) is 10.5 Å². The second-order valence-electron chi connectivity index (χ2n) is 4.28. The van der Waals surface area contributed by atoms with Gasteiger partial charge in [0, 0.05) is 16.8 Å². The van der Waals surface area contributed by atoms with Gasteiger partial charge in [-0.1, -0.05) is 35.3 Å². The van der Waals surface area contributed by atoms with Gasteiger partial charge >= 0.3 is 0 Å². The van der Waals surface area contributed by atoms with Crippen LogP contribution in [0.1, 0.15) is 5.56 Å². The normalized spacial score (nSPS) is 10.4. The minimum Gasteiger partial charge on any atom is -0.456 e. The SMILES string of the molecule is NC(=O)CSCc1ccc(Oc2cc(Cl)ccc2Cl)cc1. The first kappa shape index (κ1) is 16.0. The molecule has 0 fully saturated rings. The number of benzene rings is 2. The predicted octanol–water partition coefficient (Wildman–Crippen LogP) is 4.50. The molecule has 2 aromatic carbocycles. The van der Waals surface area contributed by atoms with Crippen LogP contribution >= 0.6 is 35.0 Å². The van der Waals surface area contributed by atoms with Gasteiger partial charge in [-0.25, -0.2) is 0 Å². The number of amides is 1. The zero-order valence-corrected chi connectivity index (χ0v) is 13.3. The largest absolute Gasteiger partial charge is 0.456 e. The van der Waals surface area contributed by atoms with E-state index in [1.54, 1.807) is 18.2 Å². The van der Waals surface area contributed by atoms with Crippen LogP contribution < -0.4 is 10.5 Å². The monoisotopic (exact) mass is 341 g/mol. The Balaban J connectivity index is 1.99. The van der Waals surface area contributed by atoms with E-state index in [9.17, 15) is 4.79 Å². The van der Waals surface area contributed by atoms with Crippen molar-refractivity contribution in [2.45, 2.75) is 5.75 Å². The summed E-state index contributed by atoms with van der Waals surface area (Å²) >= 11 is 13.4. The fourth-order valence-corrected chi connectivity index (χ4v) is 2.66. The fourth-order valence-electron chi connectivity index (χ4n) is 1.61. The maximum Gasteiger partial charge on any atom is 0.227 e. The molecule has 0 aliphatic rings. The molecule has 0 aliphatic carbocycles. The van der Waals surface area contributed by atoms with Crippen LogP contribution in [0.5, 0.6) is 11.5 Å². The summed E-state index contributed by atoms with van der Waals surface area (Å²) in [5, 5.41) is 1.06. The topological polar surface area (TPSA) is 52.3 Å². The molecule has 21 heavy (non-hydrogen) atoms. The Bertz CT molecular complexity index is 632. The molecule has 3 nitrogen and oxygen atoms in total. The first-order chi connectivity index (χ1) is 10.0. The average Bonchev–Trinajstić information content (AvgIpc) is 2.44. The first-order valence-electron chi connectivity index (χ1n) is 6.12. The van der Waals surface area contributed by atoms with Gasteiger partial charge in [0.1, 0.15) is 11.5 Å². The van der Waals surface area contributed by atoms with E-state index in [4.69, 9.17) is 33.7 Å². The summed E-state index contributed by atoms with van der Waals surface area (Å²) in [7, 11) is 0. The molecule has 2 rings (SSSR count). The molecule has 0 saturated carbocycles. The molecule has 1 amide bonds. The van der Waals surface area contributed by atoms with Crippen molar-refractivity contribution in [1.29, 1.82) is 0 Å². The second kappa shape index (κ2) is 7.59. The van der Waals surface area contributed by atoms with Crippen molar-refractivity contribution >= 4 is 40.9 Å². The predicted molar refractivity (Wildman–Crippen MR) is 88.3 cm³/mol. The van der Waals surface area contributed by atoms with Gasteiger partial charge in [-0.05, 0) is 29.8 Å². The van der Waals surface area contributed by atoms with Crippen molar-refractivity contribution in [3.8, 4) is 11.5 Å². The van der Waals surface area contributed by atoms with Crippen molar-refractivity contribution in [1.82, 2.24) is 0 Å². The van der Waals surface area contributed by atoms with Crippen LogP contribution in [0.25, 0.3) is 0 Å². The van der Waals surface area contributed by atoms with Crippen molar-refractivity contribution in [3.63, 3.8) is 0 Å². The van der Waals surface area contributed by atoms with Gasteiger partial charge in [0.2, 0.25) is 5.91 Å². The summed E-state index contributed by atoms with van der Waals surface area (Å²) in [6.07, 6.45) is 0. The molecule has 0 radical (unpaired) electrons. The Morgan fingerprint density at radius 2 is 1.86 bits per heavy atom. The van der Waals surface area contributed by atoms with E-state index in [1.165, 1.54) is 11.8 Å². The van der Waals surface area contributed by atoms with Crippen LogP contribution in [0.3, 0.4) is 0 Å². The van der Waals surface area contributed by atoms with Crippen molar-refractivity contribution in [3.05, 3.63) is 58.1 Å². The Morgan fingerprint density at radius 3 is 2.52 bits per heavy atom. The van der Waals surface area contributed by atoms with Crippen LogP contribution in [-0.4, -0.2) is 11.7 Å². The number of primary amides is 1. The second-order valence-corrected chi connectivity index (χ2v) is 6.11. The Kier molecular flexibility index (Phi) is 5.79. The van der Waals surface area contributed by atoms with E-state index in [0.717, 1.165) is 11.3 Å². The smallest absolute Gasteiger partial charge is 0.227 e. The minimum atomic E-state index is -0.310. The van der Waals surface area contributed by atoms with Crippen molar-refractivity contribution < 1.29 is 9.53 Å². The van der Waals surface area contributed by atoms with Crippen LogP contribution in [0, 0.1) is 0 Å². The zero-order valence-electron chi connectivity index (χ0n) is 11.0. The van der Waals surface area contributed by atoms with Crippen LogP contribution in [0.15, 0.2) is 42.5 Å². The first-order valence-corrected chi connectivity index (χ1v) is 8.03. The Morgan fingerprint density at radius 1 is 1.14 bits per heavy atom. The molecule has 0 heterocycles. The Hall–Kier alpha value is -1.36. The molecule has 0 bridgehead atoms. The molecule has 2 N–H and O–H groups in total. The maximum atomic E-state index is 10.7. The number of hydrogen-bond donors (Lipinski definition) is 1. The van der Waals surface area contributed by atoms with Crippen molar-refractivity contribution in [2.75, 3.05) is 5.75 Å². The summed E-state index contributed by atoms with van der Waals surface area (Å²) < 4.78 is 5.69. The molecule has 0 spiro atoms. The van der Waals surface area contributed by atoms with E-state index < -0.39 is 0 Å². The van der Waals surface area contributed by atoms with Gasteiger partial charge in [0.25, 0.3) is 0 Å². The van der Waals surface area contributed by atoms with Crippen LogP contribution in [0.4, 0.5) is 0 Å². The number of hydrogen-bond acceptors (Lipinski definition) is 3. The van der Waals surface area contributed by atoms with E-state index in [2.05, 4.69) is 0 Å². The van der Waals surface area contributed by atoms with Gasteiger partial charge in [0.15, 0.2) is 0 Å². The van der Waals surface area contributed by atoms with E-state index >= 15 is 0 Å².